The number of carbonyl (C=O) groups excluding carboxylic acids is 1. The first-order valence-electron chi connectivity index (χ1n) is 6.31. The first kappa shape index (κ1) is 13.7. The molecule has 0 saturated carbocycles. The molecule has 0 aliphatic carbocycles. The Bertz CT molecular complexity index is 452. The number of likely N-dealkylation sites (N-methyl/N-ethyl adjacent to an activating group) is 2. The third kappa shape index (κ3) is 3.62. The summed E-state index contributed by atoms with van der Waals surface area (Å²) >= 11 is 0. The van der Waals surface area contributed by atoms with E-state index in [1.807, 2.05) is 0 Å². The fraction of sp³-hybridized carbons (Fsp3) is 0.583. The fourth-order valence-electron chi connectivity index (χ4n) is 2.11. The highest BCUT2D eigenvalue weighted by Gasteiger charge is 2.22. The normalized spacial score (nSPS) is 21.3. The molecule has 1 aliphatic rings. The van der Waals surface area contributed by atoms with Crippen molar-refractivity contribution < 1.29 is 4.79 Å². The van der Waals surface area contributed by atoms with Crippen molar-refractivity contribution in [2.24, 2.45) is 0 Å². The van der Waals surface area contributed by atoms with Crippen LogP contribution < -0.4 is 11.1 Å². The Morgan fingerprint density at radius 1 is 1.47 bits per heavy atom. The van der Waals surface area contributed by atoms with Gasteiger partial charge < -0.3 is 16.0 Å². The van der Waals surface area contributed by atoms with E-state index in [0.717, 1.165) is 19.6 Å². The van der Waals surface area contributed by atoms with Gasteiger partial charge in [0.1, 0.15) is 11.5 Å². The molecule has 0 spiro atoms. The Morgan fingerprint density at radius 2 is 2.26 bits per heavy atom. The van der Waals surface area contributed by atoms with E-state index in [1.165, 1.54) is 12.4 Å². The standard InChI is InChI=1S/C12H20N6O/c1-17-3-4-18(2)9(8-17)5-15-12(19)10-6-14-7-11(13)16-10/h6-7,9H,3-5,8H2,1-2H3,(H2,13,16)(H,15,19). The maximum absolute atomic E-state index is 11.9. The molecule has 1 saturated heterocycles. The Morgan fingerprint density at radius 3 is 3.00 bits per heavy atom. The van der Waals surface area contributed by atoms with Crippen molar-refractivity contribution in [2.75, 3.05) is 46.0 Å². The number of anilines is 1. The van der Waals surface area contributed by atoms with Crippen LogP contribution in [0.3, 0.4) is 0 Å². The first-order chi connectivity index (χ1) is 9.06. The Kier molecular flexibility index (Phi) is 4.28. The van der Waals surface area contributed by atoms with E-state index >= 15 is 0 Å². The molecule has 3 N–H and O–H groups in total. The van der Waals surface area contributed by atoms with Gasteiger partial charge in [-0.2, -0.15) is 0 Å². The zero-order valence-electron chi connectivity index (χ0n) is 11.3. The summed E-state index contributed by atoms with van der Waals surface area (Å²) in [6, 6.07) is 0.316. The van der Waals surface area contributed by atoms with E-state index in [1.54, 1.807) is 0 Å². The second kappa shape index (κ2) is 5.94. The maximum Gasteiger partial charge on any atom is 0.271 e. The molecule has 1 aliphatic heterocycles. The van der Waals surface area contributed by atoms with Gasteiger partial charge in [0, 0.05) is 32.2 Å². The Hall–Kier alpha value is -1.73. The molecular weight excluding hydrogens is 244 g/mol. The summed E-state index contributed by atoms with van der Waals surface area (Å²) in [5, 5.41) is 2.88. The number of nitrogen functional groups attached to an aromatic ring is 1. The summed E-state index contributed by atoms with van der Waals surface area (Å²) in [7, 11) is 4.16. The monoisotopic (exact) mass is 264 g/mol. The lowest BCUT2D eigenvalue weighted by Crippen LogP contribution is -2.54. The molecule has 1 atom stereocenters. The van der Waals surface area contributed by atoms with Crippen LogP contribution in [0.25, 0.3) is 0 Å². The second-order valence-corrected chi connectivity index (χ2v) is 4.94. The van der Waals surface area contributed by atoms with E-state index in [-0.39, 0.29) is 17.4 Å². The van der Waals surface area contributed by atoms with Gasteiger partial charge in [0.25, 0.3) is 5.91 Å². The quantitative estimate of drug-likeness (QED) is 0.731. The summed E-state index contributed by atoms with van der Waals surface area (Å²) in [6.07, 6.45) is 2.84. The van der Waals surface area contributed by atoms with Crippen molar-refractivity contribution in [3.63, 3.8) is 0 Å². The molecule has 1 unspecified atom stereocenters. The van der Waals surface area contributed by atoms with E-state index in [0.29, 0.717) is 12.6 Å². The molecule has 0 aromatic carbocycles. The van der Waals surface area contributed by atoms with Crippen LogP contribution in [-0.4, -0.2) is 72.0 Å². The third-order valence-corrected chi connectivity index (χ3v) is 3.36. The van der Waals surface area contributed by atoms with Gasteiger partial charge in [0.15, 0.2) is 0 Å². The minimum Gasteiger partial charge on any atom is -0.382 e. The predicted molar refractivity (Wildman–Crippen MR) is 72.7 cm³/mol. The number of carbonyl (C=O) groups is 1. The maximum atomic E-state index is 11.9. The van der Waals surface area contributed by atoms with Crippen LogP contribution in [0.4, 0.5) is 5.82 Å². The van der Waals surface area contributed by atoms with E-state index in [2.05, 4.69) is 39.2 Å². The number of rotatable bonds is 3. The van der Waals surface area contributed by atoms with Crippen molar-refractivity contribution in [1.29, 1.82) is 0 Å². The summed E-state index contributed by atoms with van der Waals surface area (Å²) in [4.78, 5) is 24.3. The van der Waals surface area contributed by atoms with Crippen LogP contribution in [0.5, 0.6) is 0 Å². The lowest BCUT2D eigenvalue weighted by molar-refractivity contribution is 0.0876. The van der Waals surface area contributed by atoms with Crippen molar-refractivity contribution in [3.8, 4) is 0 Å². The van der Waals surface area contributed by atoms with E-state index < -0.39 is 0 Å². The van der Waals surface area contributed by atoms with Crippen LogP contribution in [0, 0.1) is 0 Å². The molecule has 1 amide bonds. The first-order valence-corrected chi connectivity index (χ1v) is 6.31. The van der Waals surface area contributed by atoms with Crippen LogP contribution in [-0.2, 0) is 0 Å². The fourth-order valence-corrected chi connectivity index (χ4v) is 2.11. The average molecular weight is 264 g/mol. The third-order valence-electron chi connectivity index (χ3n) is 3.36. The largest absolute Gasteiger partial charge is 0.382 e. The van der Waals surface area contributed by atoms with E-state index in [4.69, 9.17) is 5.73 Å². The number of amides is 1. The van der Waals surface area contributed by atoms with Crippen molar-refractivity contribution in [2.45, 2.75) is 6.04 Å². The molecule has 1 fully saturated rings. The summed E-state index contributed by atoms with van der Waals surface area (Å²) in [5.41, 5.74) is 5.76. The molecule has 7 heteroatoms. The lowest BCUT2D eigenvalue weighted by atomic mass is 10.2. The topological polar surface area (TPSA) is 87.4 Å². The Balaban J connectivity index is 1.89. The van der Waals surface area contributed by atoms with Gasteiger partial charge in [-0.1, -0.05) is 0 Å². The summed E-state index contributed by atoms with van der Waals surface area (Å²) in [5.74, 6) is 0.0172. The van der Waals surface area contributed by atoms with Crippen molar-refractivity contribution in [3.05, 3.63) is 18.1 Å². The van der Waals surface area contributed by atoms with Crippen molar-refractivity contribution >= 4 is 11.7 Å². The van der Waals surface area contributed by atoms with Crippen LogP contribution >= 0.6 is 0 Å². The van der Waals surface area contributed by atoms with Gasteiger partial charge in [-0.05, 0) is 14.1 Å². The minimum absolute atomic E-state index is 0.235. The molecule has 7 nitrogen and oxygen atoms in total. The van der Waals surface area contributed by atoms with Crippen molar-refractivity contribution in [1.82, 2.24) is 25.1 Å². The number of nitrogens with two attached hydrogens (primary N) is 1. The molecule has 104 valence electrons. The number of hydrogen-bond acceptors (Lipinski definition) is 6. The molecule has 2 heterocycles. The highest BCUT2D eigenvalue weighted by atomic mass is 16.1. The molecule has 19 heavy (non-hydrogen) atoms. The molecule has 1 aromatic heterocycles. The number of hydrogen-bond donors (Lipinski definition) is 2. The Labute approximate surface area is 112 Å². The number of piperazine rings is 1. The molecule has 1 aromatic rings. The van der Waals surface area contributed by atoms with Crippen LogP contribution in [0.2, 0.25) is 0 Å². The minimum atomic E-state index is -0.235. The number of nitrogens with one attached hydrogen (secondary N) is 1. The zero-order valence-corrected chi connectivity index (χ0v) is 11.3. The van der Waals surface area contributed by atoms with Gasteiger partial charge in [0.2, 0.25) is 0 Å². The van der Waals surface area contributed by atoms with E-state index in [9.17, 15) is 4.79 Å². The molecule has 0 radical (unpaired) electrons. The summed E-state index contributed by atoms with van der Waals surface area (Å²) < 4.78 is 0. The SMILES string of the molecule is CN1CCN(C)C(CNC(=O)c2cncc(N)n2)C1. The highest BCUT2D eigenvalue weighted by Crippen LogP contribution is 2.05. The number of aromatic nitrogens is 2. The van der Waals surface area contributed by atoms with Gasteiger partial charge in [0.05, 0.1) is 12.4 Å². The molecule has 2 rings (SSSR count). The molecular formula is C12H20N6O. The number of nitrogens with zero attached hydrogens (tertiary/aromatic N) is 4. The summed E-state index contributed by atoms with van der Waals surface area (Å²) in [6.45, 7) is 3.60. The predicted octanol–water partition coefficient (Wildman–Crippen LogP) is -0.966. The highest BCUT2D eigenvalue weighted by molar-refractivity contribution is 5.92. The average Bonchev–Trinajstić information content (AvgIpc) is 2.39. The van der Waals surface area contributed by atoms with Gasteiger partial charge in [-0.3, -0.25) is 14.7 Å². The second-order valence-electron chi connectivity index (χ2n) is 4.94. The van der Waals surface area contributed by atoms with Gasteiger partial charge in [-0.25, -0.2) is 4.98 Å². The zero-order chi connectivity index (χ0) is 13.8. The van der Waals surface area contributed by atoms with Crippen LogP contribution in [0.1, 0.15) is 10.5 Å². The molecule has 0 bridgehead atoms. The smallest absolute Gasteiger partial charge is 0.271 e. The van der Waals surface area contributed by atoms with Gasteiger partial charge >= 0.3 is 0 Å². The van der Waals surface area contributed by atoms with Crippen LogP contribution in [0.15, 0.2) is 12.4 Å². The lowest BCUT2D eigenvalue weighted by Gasteiger charge is -2.37. The van der Waals surface area contributed by atoms with Gasteiger partial charge in [-0.15, -0.1) is 0 Å².